The van der Waals surface area contributed by atoms with Crippen molar-refractivity contribution in [2.45, 2.75) is 38.1 Å². The van der Waals surface area contributed by atoms with Crippen LogP contribution in [0.25, 0.3) is 10.9 Å². The number of benzene rings is 2. The molecule has 0 bridgehead atoms. The van der Waals surface area contributed by atoms with Crippen molar-refractivity contribution < 1.29 is 19.0 Å². The molecule has 0 amide bonds. The average Bonchev–Trinajstić information content (AvgIpc) is 3.36. The molecule has 31 heavy (non-hydrogen) atoms. The molecule has 4 rings (SSSR count). The number of carbonyl (C=O) groups is 1. The quantitative estimate of drug-likeness (QED) is 0.491. The van der Waals surface area contributed by atoms with E-state index in [0.717, 1.165) is 28.8 Å². The van der Waals surface area contributed by atoms with E-state index >= 15 is 0 Å². The van der Waals surface area contributed by atoms with Crippen LogP contribution in [0.1, 0.15) is 37.4 Å². The Hall–Kier alpha value is -2.80. The SMILES string of the molecule is CCC(C)c1ccccc1OCC1=NC(Cc2cc3ccc(F)cc3[nH]2)(C(=O)O)CS1. The standard InChI is InChI=1S/C24H25FN2O3S/c1-3-15(2)19-6-4-5-7-21(19)30-13-22-27-24(14-31-22,23(28)29)12-18-10-16-8-9-17(25)11-20(16)26-18/h4-11,15,26H,3,12-14H2,1-2H3,(H,28,29). The molecule has 0 radical (unpaired) electrons. The van der Waals surface area contributed by atoms with Gasteiger partial charge in [-0.05, 0) is 53.6 Å². The van der Waals surface area contributed by atoms with E-state index < -0.39 is 11.5 Å². The third-order valence-electron chi connectivity index (χ3n) is 5.75. The first-order valence-electron chi connectivity index (χ1n) is 10.3. The van der Waals surface area contributed by atoms with E-state index in [1.165, 1.54) is 23.9 Å². The van der Waals surface area contributed by atoms with Crippen LogP contribution in [0.5, 0.6) is 5.75 Å². The Morgan fingerprint density at radius 2 is 2.13 bits per heavy atom. The van der Waals surface area contributed by atoms with E-state index in [4.69, 9.17) is 4.74 Å². The molecular weight excluding hydrogens is 415 g/mol. The van der Waals surface area contributed by atoms with Gasteiger partial charge in [0.15, 0.2) is 5.54 Å². The molecule has 7 heteroatoms. The number of nitrogens with one attached hydrogen (secondary N) is 1. The number of hydrogen-bond donors (Lipinski definition) is 2. The lowest BCUT2D eigenvalue weighted by atomic mass is 9.96. The predicted octanol–water partition coefficient (Wildman–Crippen LogP) is 5.41. The van der Waals surface area contributed by atoms with Gasteiger partial charge in [0.25, 0.3) is 0 Å². The molecule has 0 spiro atoms. The van der Waals surface area contributed by atoms with Crippen LogP contribution in [0, 0.1) is 5.82 Å². The highest BCUT2D eigenvalue weighted by atomic mass is 32.2. The molecule has 2 atom stereocenters. The van der Waals surface area contributed by atoms with Crippen LogP contribution in [0.2, 0.25) is 0 Å². The molecule has 1 aliphatic heterocycles. The maximum Gasteiger partial charge on any atom is 0.332 e. The Kier molecular flexibility index (Phi) is 6.05. The summed E-state index contributed by atoms with van der Waals surface area (Å²) in [5.74, 6) is 0.211. The molecule has 1 aromatic heterocycles. The van der Waals surface area contributed by atoms with E-state index in [0.29, 0.717) is 22.2 Å². The minimum absolute atomic E-state index is 0.207. The number of carboxylic acid groups (broad SMARTS) is 1. The monoisotopic (exact) mass is 440 g/mol. The summed E-state index contributed by atoms with van der Waals surface area (Å²) in [5.41, 5.74) is 1.24. The number of nitrogens with zero attached hydrogens (tertiary/aromatic N) is 1. The smallest absolute Gasteiger partial charge is 0.332 e. The van der Waals surface area contributed by atoms with Crippen molar-refractivity contribution in [3.05, 3.63) is 65.6 Å². The Balaban J connectivity index is 1.52. The van der Waals surface area contributed by atoms with Gasteiger partial charge in [0.1, 0.15) is 23.2 Å². The van der Waals surface area contributed by atoms with Gasteiger partial charge in [-0.25, -0.2) is 9.18 Å². The number of thioether (sulfide) groups is 1. The molecule has 0 fully saturated rings. The molecule has 2 N–H and O–H groups in total. The second-order valence-electron chi connectivity index (χ2n) is 7.97. The summed E-state index contributed by atoms with van der Waals surface area (Å²) >= 11 is 1.42. The number of aliphatic carboxylic acids is 1. The highest BCUT2D eigenvalue weighted by molar-refractivity contribution is 8.14. The number of hydrogen-bond acceptors (Lipinski definition) is 4. The van der Waals surface area contributed by atoms with Crippen molar-refractivity contribution in [3.8, 4) is 5.75 Å². The molecule has 2 heterocycles. The Morgan fingerprint density at radius 1 is 1.32 bits per heavy atom. The second kappa shape index (κ2) is 8.75. The number of rotatable bonds is 8. The van der Waals surface area contributed by atoms with Crippen molar-refractivity contribution in [1.29, 1.82) is 0 Å². The summed E-state index contributed by atoms with van der Waals surface area (Å²) in [7, 11) is 0. The number of ether oxygens (including phenoxy) is 1. The Morgan fingerprint density at radius 3 is 2.90 bits per heavy atom. The number of aromatic nitrogens is 1. The van der Waals surface area contributed by atoms with Crippen molar-refractivity contribution >= 4 is 33.7 Å². The molecule has 2 aromatic carbocycles. The predicted molar refractivity (Wildman–Crippen MR) is 123 cm³/mol. The fourth-order valence-corrected chi connectivity index (χ4v) is 4.88. The third kappa shape index (κ3) is 4.46. The minimum Gasteiger partial charge on any atom is -0.486 e. The van der Waals surface area contributed by atoms with Gasteiger partial charge < -0.3 is 14.8 Å². The van der Waals surface area contributed by atoms with Crippen LogP contribution in [-0.2, 0) is 11.2 Å². The summed E-state index contributed by atoms with van der Waals surface area (Å²) in [6.45, 7) is 4.54. The first kappa shape index (κ1) is 21.4. The van der Waals surface area contributed by atoms with Crippen LogP contribution in [0.4, 0.5) is 4.39 Å². The lowest BCUT2D eigenvalue weighted by molar-refractivity contribution is -0.142. The average molecular weight is 441 g/mol. The van der Waals surface area contributed by atoms with Crippen LogP contribution < -0.4 is 4.74 Å². The van der Waals surface area contributed by atoms with E-state index in [1.54, 1.807) is 6.07 Å². The lowest BCUT2D eigenvalue weighted by Gasteiger charge is -2.19. The lowest BCUT2D eigenvalue weighted by Crippen LogP contribution is -2.39. The van der Waals surface area contributed by atoms with Gasteiger partial charge in [0.2, 0.25) is 0 Å². The molecule has 3 aromatic rings. The van der Waals surface area contributed by atoms with Gasteiger partial charge in [-0.15, -0.1) is 11.8 Å². The van der Waals surface area contributed by atoms with Crippen LogP contribution >= 0.6 is 11.8 Å². The largest absolute Gasteiger partial charge is 0.486 e. The number of carboxylic acids is 1. The van der Waals surface area contributed by atoms with E-state index in [1.807, 2.05) is 24.3 Å². The molecule has 1 aliphatic rings. The summed E-state index contributed by atoms with van der Waals surface area (Å²) in [5, 5.41) is 11.5. The van der Waals surface area contributed by atoms with E-state index in [2.05, 4.69) is 29.9 Å². The van der Waals surface area contributed by atoms with Gasteiger partial charge in [-0.2, -0.15) is 0 Å². The zero-order valence-electron chi connectivity index (χ0n) is 17.5. The maximum absolute atomic E-state index is 13.5. The van der Waals surface area contributed by atoms with Crippen molar-refractivity contribution in [1.82, 2.24) is 4.98 Å². The summed E-state index contributed by atoms with van der Waals surface area (Å²) in [6.07, 6.45) is 1.21. The fraction of sp³-hybridized carbons (Fsp3) is 0.333. The number of aromatic amines is 1. The summed E-state index contributed by atoms with van der Waals surface area (Å²) in [4.78, 5) is 19.9. The molecule has 0 saturated carbocycles. The molecule has 2 unspecified atom stereocenters. The Bertz CT molecular complexity index is 1140. The van der Waals surface area contributed by atoms with Gasteiger partial charge in [-0.1, -0.05) is 32.0 Å². The van der Waals surface area contributed by atoms with Crippen molar-refractivity contribution in [2.24, 2.45) is 4.99 Å². The maximum atomic E-state index is 13.5. The van der Waals surface area contributed by atoms with Crippen LogP contribution in [-0.4, -0.2) is 39.0 Å². The van der Waals surface area contributed by atoms with Crippen LogP contribution in [0.3, 0.4) is 0 Å². The van der Waals surface area contributed by atoms with Crippen molar-refractivity contribution in [2.75, 3.05) is 12.4 Å². The van der Waals surface area contributed by atoms with Gasteiger partial charge in [0.05, 0.1) is 0 Å². The first-order chi connectivity index (χ1) is 14.9. The third-order valence-corrected chi connectivity index (χ3v) is 6.92. The second-order valence-corrected chi connectivity index (χ2v) is 9.02. The molecule has 0 saturated heterocycles. The number of para-hydroxylation sites is 1. The van der Waals surface area contributed by atoms with Crippen LogP contribution in [0.15, 0.2) is 53.5 Å². The van der Waals surface area contributed by atoms with Crippen molar-refractivity contribution in [3.63, 3.8) is 0 Å². The molecule has 162 valence electrons. The summed E-state index contributed by atoms with van der Waals surface area (Å²) < 4.78 is 19.5. The summed E-state index contributed by atoms with van der Waals surface area (Å²) in [6, 6.07) is 14.3. The first-order valence-corrected chi connectivity index (χ1v) is 11.3. The molecule has 5 nitrogen and oxygen atoms in total. The highest BCUT2D eigenvalue weighted by Crippen LogP contribution is 2.34. The number of fused-ring (bicyclic) bond motifs is 1. The van der Waals surface area contributed by atoms with E-state index in [-0.39, 0.29) is 18.8 Å². The van der Waals surface area contributed by atoms with Gasteiger partial charge >= 0.3 is 5.97 Å². The minimum atomic E-state index is -1.26. The molecule has 0 aliphatic carbocycles. The van der Waals surface area contributed by atoms with Gasteiger partial charge in [0, 0.05) is 23.4 Å². The molecular formula is C24H25FN2O3S. The van der Waals surface area contributed by atoms with E-state index in [9.17, 15) is 14.3 Å². The number of H-pyrrole nitrogens is 1. The number of aliphatic imine (C=N–C) groups is 1. The van der Waals surface area contributed by atoms with Gasteiger partial charge in [-0.3, -0.25) is 4.99 Å². The Labute approximate surface area is 184 Å². The zero-order valence-corrected chi connectivity index (χ0v) is 18.3. The highest BCUT2D eigenvalue weighted by Gasteiger charge is 2.43. The number of halogens is 1. The zero-order chi connectivity index (χ0) is 22.0. The fourth-order valence-electron chi connectivity index (χ4n) is 3.80. The normalized spacial score (nSPS) is 19.4. The topological polar surface area (TPSA) is 74.7 Å².